The molecule has 1 aliphatic carbocycles. The maximum atomic E-state index is 11.7. The monoisotopic (exact) mass is 197 g/mol. The number of primary amides is 1. The lowest BCUT2D eigenvalue weighted by atomic mass is 9.66. The third-order valence-corrected chi connectivity index (χ3v) is 4.48. The Kier molecular flexibility index (Phi) is 1.44. The van der Waals surface area contributed by atoms with Crippen molar-refractivity contribution in [1.82, 2.24) is 0 Å². The second-order valence-corrected chi connectivity index (χ2v) is 5.04. The average Bonchev–Trinajstić information content (AvgIpc) is 2.34. The molecule has 2 N–H and O–H groups in total. The summed E-state index contributed by atoms with van der Waals surface area (Å²) < 4.78 is 5.21. The summed E-state index contributed by atoms with van der Waals surface area (Å²) in [4.78, 5) is 23.1. The van der Waals surface area contributed by atoms with Crippen LogP contribution in [0.25, 0.3) is 0 Å². The van der Waals surface area contributed by atoms with E-state index in [1.165, 1.54) is 0 Å². The fourth-order valence-electron chi connectivity index (χ4n) is 2.78. The molecule has 4 heteroatoms. The SMILES string of the molecule is CC1(C)[C@@]2(C)CC[C@]1(C(N)=O)OC2=O. The fraction of sp³-hybridized carbons (Fsp3) is 0.800. The standard InChI is InChI=1S/C10H15NO3/c1-8(2)9(3)4-5-10(8,6(11)12)14-7(9)13/h4-5H2,1-3H3,(H2,11,12)/t9-,10+/m0/s1. The normalized spacial score (nSPS) is 43.8. The molecule has 1 heterocycles. The van der Waals surface area contributed by atoms with E-state index >= 15 is 0 Å². The molecule has 2 rings (SSSR count). The Bertz CT molecular complexity index is 336. The number of fused-ring (bicyclic) bond motifs is 2. The summed E-state index contributed by atoms with van der Waals surface area (Å²) in [7, 11) is 0. The summed E-state index contributed by atoms with van der Waals surface area (Å²) in [6.45, 7) is 5.62. The summed E-state index contributed by atoms with van der Waals surface area (Å²) in [6.07, 6.45) is 1.24. The number of ether oxygens (including phenoxy) is 1. The van der Waals surface area contributed by atoms with Crippen molar-refractivity contribution in [3.05, 3.63) is 0 Å². The van der Waals surface area contributed by atoms with Crippen LogP contribution in [-0.4, -0.2) is 17.5 Å². The molecular formula is C10H15NO3. The van der Waals surface area contributed by atoms with Crippen LogP contribution in [0.2, 0.25) is 0 Å². The van der Waals surface area contributed by atoms with E-state index in [2.05, 4.69) is 0 Å². The molecule has 0 spiro atoms. The highest BCUT2D eigenvalue weighted by molar-refractivity contribution is 5.95. The number of carbonyl (C=O) groups excluding carboxylic acids is 2. The Morgan fingerprint density at radius 3 is 2.14 bits per heavy atom. The third-order valence-electron chi connectivity index (χ3n) is 4.48. The largest absolute Gasteiger partial charge is 0.448 e. The maximum absolute atomic E-state index is 11.7. The first kappa shape index (κ1) is 9.49. The van der Waals surface area contributed by atoms with Crippen molar-refractivity contribution in [3.8, 4) is 0 Å². The van der Waals surface area contributed by atoms with Crippen LogP contribution in [0, 0.1) is 10.8 Å². The van der Waals surface area contributed by atoms with Gasteiger partial charge in [-0.3, -0.25) is 9.59 Å². The lowest BCUT2D eigenvalue weighted by molar-refractivity contribution is -0.166. The molecule has 0 aromatic carbocycles. The van der Waals surface area contributed by atoms with Crippen LogP contribution < -0.4 is 5.73 Å². The van der Waals surface area contributed by atoms with Crippen LogP contribution in [0.5, 0.6) is 0 Å². The van der Waals surface area contributed by atoms with E-state index in [0.29, 0.717) is 12.8 Å². The maximum Gasteiger partial charge on any atom is 0.313 e. The van der Waals surface area contributed by atoms with Gasteiger partial charge in [0.15, 0.2) is 5.60 Å². The number of esters is 1. The first-order valence-corrected chi connectivity index (χ1v) is 4.81. The van der Waals surface area contributed by atoms with Gasteiger partial charge in [0, 0.05) is 5.41 Å². The Balaban J connectivity index is 2.60. The summed E-state index contributed by atoms with van der Waals surface area (Å²) in [5.41, 5.74) is 3.23. The van der Waals surface area contributed by atoms with E-state index in [0.717, 1.165) is 0 Å². The van der Waals surface area contributed by atoms with Crippen LogP contribution in [0.3, 0.4) is 0 Å². The molecule has 0 unspecified atom stereocenters. The highest BCUT2D eigenvalue weighted by atomic mass is 16.6. The van der Waals surface area contributed by atoms with Gasteiger partial charge in [-0.05, 0) is 19.8 Å². The summed E-state index contributed by atoms with van der Waals surface area (Å²) in [5, 5.41) is 0. The quantitative estimate of drug-likeness (QED) is 0.625. The number of hydrogen-bond acceptors (Lipinski definition) is 3. The number of rotatable bonds is 1. The van der Waals surface area contributed by atoms with Gasteiger partial charge < -0.3 is 10.5 Å². The van der Waals surface area contributed by atoms with Gasteiger partial charge in [-0.1, -0.05) is 13.8 Å². The van der Waals surface area contributed by atoms with Crippen molar-refractivity contribution in [2.75, 3.05) is 0 Å². The molecule has 1 amide bonds. The van der Waals surface area contributed by atoms with Gasteiger partial charge in [-0.2, -0.15) is 0 Å². The van der Waals surface area contributed by atoms with Gasteiger partial charge >= 0.3 is 5.97 Å². The van der Waals surface area contributed by atoms with Gasteiger partial charge in [0.1, 0.15) is 0 Å². The lowest BCUT2D eigenvalue weighted by Gasteiger charge is -2.33. The molecule has 1 saturated heterocycles. The van der Waals surface area contributed by atoms with Gasteiger partial charge in [0.05, 0.1) is 5.41 Å². The van der Waals surface area contributed by atoms with E-state index in [1.54, 1.807) is 0 Å². The zero-order valence-corrected chi connectivity index (χ0v) is 8.72. The average molecular weight is 197 g/mol. The molecule has 0 aromatic heterocycles. The van der Waals surface area contributed by atoms with Crippen LogP contribution in [0.4, 0.5) is 0 Å². The highest BCUT2D eigenvalue weighted by Crippen LogP contribution is 2.65. The van der Waals surface area contributed by atoms with Crippen LogP contribution in [-0.2, 0) is 14.3 Å². The molecule has 4 nitrogen and oxygen atoms in total. The number of hydrogen-bond donors (Lipinski definition) is 1. The van der Waals surface area contributed by atoms with Gasteiger partial charge in [-0.25, -0.2) is 0 Å². The minimum atomic E-state index is -1.07. The predicted molar refractivity (Wildman–Crippen MR) is 49.1 cm³/mol. The van der Waals surface area contributed by atoms with Crippen molar-refractivity contribution in [3.63, 3.8) is 0 Å². The molecule has 1 aliphatic heterocycles. The molecule has 0 radical (unpaired) electrons. The van der Waals surface area contributed by atoms with E-state index in [1.807, 2.05) is 20.8 Å². The first-order valence-electron chi connectivity index (χ1n) is 4.81. The summed E-state index contributed by atoms with van der Waals surface area (Å²) in [6, 6.07) is 0. The smallest absolute Gasteiger partial charge is 0.313 e. The molecule has 2 fully saturated rings. The Labute approximate surface area is 82.8 Å². The zero-order valence-electron chi connectivity index (χ0n) is 8.72. The highest BCUT2D eigenvalue weighted by Gasteiger charge is 2.75. The lowest BCUT2D eigenvalue weighted by Crippen LogP contribution is -2.51. The van der Waals surface area contributed by atoms with E-state index in [9.17, 15) is 9.59 Å². The van der Waals surface area contributed by atoms with Crippen molar-refractivity contribution in [2.45, 2.75) is 39.2 Å². The molecule has 14 heavy (non-hydrogen) atoms. The summed E-state index contributed by atoms with van der Waals surface area (Å²) >= 11 is 0. The second-order valence-electron chi connectivity index (χ2n) is 5.04. The first-order chi connectivity index (χ1) is 6.28. The Hall–Kier alpha value is -1.06. The fourth-order valence-corrected chi connectivity index (χ4v) is 2.78. The van der Waals surface area contributed by atoms with Crippen molar-refractivity contribution < 1.29 is 14.3 Å². The van der Waals surface area contributed by atoms with Gasteiger partial charge in [0.25, 0.3) is 5.91 Å². The van der Waals surface area contributed by atoms with Crippen molar-refractivity contribution in [2.24, 2.45) is 16.6 Å². The molecule has 1 saturated carbocycles. The minimum absolute atomic E-state index is 0.285. The predicted octanol–water partition coefficient (Wildman–Crippen LogP) is 0.594. The van der Waals surface area contributed by atoms with Crippen LogP contribution >= 0.6 is 0 Å². The number of carbonyl (C=O) groups is 2. The molecule has 2 atom stereocenters. The van der Waals surface area contributed by atoms with Gasteiger partial charge in [0.2, 0.25) is 0 Å². The van der Waals surface area contributed by atoms with Crippen LogP contribution in [0.15, 0.2) is 0 Å². The molecule has 2 bridgehead atoms. The van der Waals surface area contributed by atoms with Crippen molar-refractivity contribution >= 4 is 11.9 Å². The third kappa shape index (κ3) is 0.645. The van der Waals surface area contributed by atoms with E-state index in [-0.39, 0.29) is 5.97 Å². The minimum Gasteiger partial charge on any atom is -0.448 e. The Morgan fingerprint density at radius 2 is 1.93 bits per heavy atom. The van der Waals surface area contributed by atoms with Crippen molar-refractivity contribution in [1.29, 1.82) is 0 Å². The molecule has 2 aliphatic rings. The molecule has 0 aromatic rings. The van der Waals surface area contributed by atoms with E-state index < -0.39 is 22.3 Å². The second kappa shape index (κ2) is 2.12. The number of amides is 1. The Morgan fingerprint density at radius 1 is 1.36 bits per heavy atom. The molecular weight excluding hydrogens is 182 g/mol. The van der Waals surface area contributed by atoms with Gasteiger partial charge in [-0.15, -0.1) is 0 Å². The van der Waals surface area contributed by atoms with Crippen LogP contribution in [0.1, 0.15) is 33.6 Å². The summed E-state index contributed by atoms with van der Waals surface area (Å²) in [5.74, 6) is -0.801. The number of nitrogens with two attached hydrogens (primary N) is 1. The zero-order chi connectivity index (χ0) is 10.8. The van der Waals surface area contributed by atoms with E-state index in [4.69, 9.17) is 10.5 Å². The molecule has 78 valence electrons. The topological polar surface area (TPSA) is 69.4 Å².